The highest BCUT2D eigenvalue weighted by Crippen LogP contribution is 2.22. The van der Waals surface area contributed by atoms with Gasteiger partial charge in [-0.15, -0.1) is 0 Å². The average Bonchev–Trinajstić information content (AvgIpc) is 3.33. The largest absolute Gasteiger partial charge is 0.398 e. The van der Waals surface area contributed by atoms with Crippen LogP contribution in [-0.2, 0) is 13.0 Å². The Balaban J connectivity index is 1.33. The molecule has 0 fully saturated rings. The number of amides is 1. The van der Waals surface area contributed by atoms with Crippen LogP contribution < -0.4 is 11.1 Å². The number of hydrogen-bond donors (Lipinski definition) is 3. The van der Waals surface area contributed by atoms with Gasteiger partial charge in [0, 0.05) is 48.2 Å². The minimum atomic E-state index is -0.977. The number of benzene rings is 1. The van der Waals surface area contributed by atoms with Crippen molar-refractivity contribution in [1.29, 1.82) is 0 Å². The summed E-state index contributed by atoms with van der Waals surface area (Å²) in [4.78, 5) is 26.1. The molecule has 35 heavy (non-hydrogen) atoms. The fourth-order valence-electron chi connectivity index (χ4n) is 3.71. The van der Waals surface area contributed by atoms with E-state index in [1.165, 1.54) is 18.3 Å². The van der Waals surface area contributed by atoms with Crippen molar-refractivity contribution < 1.29 is 13.6 Å². The predicted molar refractivity (Wildman–Crippen MR) is 126 cm³/mol. The molecule has 4 N–H and O–H groups in total. The van der Waals surface area contributed by atoms with Gasteiger partial charge < -0.3 is 11.1 Å². The molecule has 0 radical (unpaired) electrons. The van der Waals surface area contributed by atoms with Crippen molar-refractivity contribution >= 4 is 22.6 Å². The maximum Gasteiger partial charge on any atom is 0.255 e. The zero-order chi connectivity index (χ0) is 24.4. The minimum Gasteiger partial charge on any atom is -0.398 e. The topological polar surface area (TPSA) is 122 Å². The molecule has 174 valence electrons. The van der Waals surface area contributed by atoms with Crippen LogP contribution in [0.5, 0.6) is 0 Å². The first-order valence-electron chi connectivity index (χ1n) is 10.7. The first kappa shape index (κ1) is 22.1. The number of H-pyrrole nitrogens is 1. The highest BCUT2D eigenvalue weighted by atomic mass is 19.2. The van der Waals surface area contributed by atoms with Crippen molar-refractivity contribution in [2.45, 2.75) is 13.0 Å². The standard InChI is InChI=1S/C25H19F2N7O/c26-18-3-1-14(7-19(18)27)11-32-25(35)23-20(28)5-6-29-22(23)8-15-2-4-21(30-10-15)16-9-17-13-33-34-24(17)31-12-16/h1-7,9-10,12-13H,8,11H2,(H2,28,29)(H,32,35)(H,31,33,34). The fraction of sp³-hybridized carbons (Fsp3) is 0.0800. The van der Waals surface area contributed by atoms with Crippen LogP contribution in [0.1, 0.15) is 27.2 Å². The zero-order valence-corrected chi connectivity index (χ0v) is 18.3. The van der Waals surface area contributed by atoms with Gasteiger partial charge in [-0.2, -0.15) is 5.10 Å². The Morgan fingerprint density at radius 2 is 1.80 bits per heavy atom. The second-order valence-electron chi connectivity index (χ2n) is 7.91. The molecule has 0 atom stereocenters. The molecule has 0 bridgehead atoms. The maximum atomic E-state index is 13.5. The summed E-state index contributed by atoms with van der Waals surface area (Å²) in [5.74, 6) is -2.38. The second-order valence-corrected chi connectivity index (χ2v) is 7.91. The number of nitrogens with two attached hydrogens (primary N) is 1. The van der Waals surface area contributed by atoms with Crippen LogP contribution in [0.25, 0.3) is 22.3 Å². The van der Waals surface area contributed by atoms with E-state index in [-0.39, 0.29) is 17.8 Å². The van der Waals surface area contributed by atoms with Gasteiger partial charge in [-0.05, 0) is 41.5 Å². The van der Waals surface area contributed by atoms with Gasteiger partial charge in [-0.3, -0.25) is 19.9 Å². The molecule has 10 heteroatoms. The molecule has 0 spiro atoms. The van der Waals surface area contributed by atoms with Gasteiger partial charge in [0.2, 0.25) is 0 Å². The molecular formula is C25H19F2N7O. The van der Waals surface area contributed by atoms with E-state index < -0.39 is 17.5 Å². The van der Waals surface area contributed by atoms with Crippen LogP contribution in [0.3, 0.4) is 0 Å². The first-order chi connectivity index (χ1) is 17.0. The number of carbonyl (C=O) groups excluding carboxylic acids is 1. The lowest BCUT2D eigenvalue weighted by atomic mass is 10.0. The molecule has 5 aromatic rings. The summed E-state index contributed by atoms with van der Waals surface area (Å²) in [5, 5.41) is 10.4. The summed E-state index contributed by atoms with van der Waals surface area (Å²) in [6.07, 6.45) is 6.99. The van der Waals surface area contributed by atoms with Crippen LogP contribution in [0.2, 0.25) is 0 Å². The van der Waals surface area contributed by atoms with E-state index in [9.17, 15) is 13.6 Å². The summed E-state index contributed by atoms with van der Waals surface area (Å²) >= 11 is 0. The number of aromatic nitrogens is 5. The smallest absolute Gasteiger partial charge is 0.255 e. The van der Waals surface area contributed by atoms with Gasteiger partial charge in [-0.1, -0.05) is 12.1 Å². The molecule has 0 aliphatic carbocycles. The number of hydrogen-bond acceptors (Lipinski definition) is 6. The van der Waals surface area contributed by atoms with Crippen LogP contribution in [0.4, 0.5) is 14.5 Å². The van der Waals surface area contributed by atoms with E-state index >= 15 is 0 Å². The molecule has 0 saturated heterocycles. The average molecular weight is 471 g/mol. The van der Waals surface area contributed by atoms with Crippen LogP contribution in [0, 0.1) is 11.6 Å². The Kier molecular flexibility index (Phi) is 5.84. The van der Waals surface area contributed by atoms with E-state index in [4.69, 9.17) is 5.73 Å². The minimum absolute atomic E-state index is 0.00903. The highest BCUT2D eigenvalue weighted by Gasteiger charge is 2.17. The molecule has 1 aromatic carbocycles. The van der Waals surface area contributed by atoms with E-state index in [0.717, 1.165) is 34.3 Å². The third-order valence-electron chi connectivity index (χ3n) is 5.51. The Bertz CT molecular complexity index is 1530. The summed E-state index contributed by atoms with van der Waals surface area (Å²) in [6, 6.07) is 10.7. The molecule has 0 unspecified atom stereocenters. The quantitative estimate of drug-likeness (QED) is 0.346. The predicted octanol–water partition coefficient (Wildman–Crippen LogP) is 3.80. The molecule has 1 amide bonds. The molecule has 4 aromatic heterocycles. The number of aromatic amines is 1. The molecule has 8 nitrogen and oxygen atoms in total. The van der Waals surface area contributed by atoms with Crippen molar-refractivity contribution in [2.75, 3.05) is 5.73 Å². The van der Waals surface area contributed by atoms with Gasteiger partial charge >= 0.3 is 0 Å². The van der Waals surface area contributed by atoms with Crippen LogP contribution in [-0.4, -0.2) is 31.1 Å². The molecule has 5 rings (SSSR count). The maximum absolute atomic E-state index is 13.5. The Morgan fingerprint density at radius 1 is 0.943 bits per heavy atom. The van der Waals surface area contributed by atoms with E-state index in [1.54, 1.807) is 18.6 Å². The van der Waals surface area contributed by atoms with Gasteiger partial charge in [0.25, 0.3) is 5.91 Å². The SMILES string of the molecule is Nc1ccnc(Cc2ccc(-c3cnc4[nH]ncc4c3)nc2)c1C(=O)NCc1ccc(F)c(F)c1. The number of carbonyl (C=O) groups is 1. The summed E-state index contributed by atoms with van der Waals surface area (Å²) in [5.41, 5.74) is 10.6. The number of nitrogen functional groups attached to an aromatic ring is 1. The molecule has 0 aliphatic heterocycles. The molecule has 4 heterocycles. The van der Waals surface area contributed by atoms with Gasteiger partial charge in [0.1, 0.15) is 0 Å². The molecular weight excluding hydrogens is 452 g/mol. The van der Waals surface area contributed by atoms with E-state index in [1.807, 2.05) is 18.2 Å². The van der Waals surface area contributed by atoms with Gasteiger partial charge in [0.05, 0.1) is 23.1 Å². The lowest BCUT2D eigenvalue weighted by Crippen LogP contribution is -2.26. The zero-order valence-electron chi connectivity index (χ0n) is 18.3. The van der Waals surface area contributed by atoms with Crippen molar-refractivity contribution in [3.8, 4) is 11.3 Å². The number of fused-ring (bicyclic) bond motifs is 1. The summed E-state index contributed by atoms with van der Waals surface area (Å²) in [6.45, 7) is 0.00903. The van der Waals surface area contributed by atoms with Crippen molar-refractivity contribution in [2.24, 2.45) is 0 Å². The van der Waals surface area contributed by atoms with E-state index in [2.05, 4.69) is 30.5 Å². The Labute approximate surface area is 198 Å². The third-order valence-corrected chi connectivity index (χ3v) is 5.51. The lowest BCUT2D eigenvalue weighted by Gasteiger charge is -2.12. The van der Waals surface area contributed by atoms with Crippen LogP contribution >= 0.6 is 0 Å². The second kappa shape index (κ2) is 9.26. The Morgan fingerprint density at radius 3 is 2.60 bits per heavy atom. The Hall–Kier alpha value is -4.73. The number of halogens is 2. The van der Waals surface area contributed by atoms with Crippen molar-refractivity contribution in [3.05, 3.63) is 101 Å². The number of pyridine rings is 3. The van der Waals surface area contributed by atoms with Crippen molar-refractivity contribution in [3.63, 3.8) is 0 Å². The number of nitrogens with one attached hydrogen (secondary N) is 2. The highest BCUT2D eigenvalue weighted by molar-refractivity contribution is 6.00. The number of rotatable bonds is 6. The van der Waals surface area contributed by atoms with Crippen LogP contribution in [0.15, 0.2) is 67.3 Å². The van der Waals surface area contributed by atoms with Gasteiger partial charge in [0.15, 0.2) is 17.3 Å². The van der Waals surface area contributed by atoms with Gasteiger partial charge in [-0.25, -0.2) is 13.8 Å². The van der Waals surface area contributed by atoms with E-state index in [0.29, 0.717) is 23.3 Å². The molecule has 0 aliphatic rings. The fourth-order valence-corrected chi connectivity index (χ4v) is 3.71. The lowest BCUT2D eigenvalue weighted by molar-refractivity contribution is 0.0950. The molecule has 0 saturated carbocycles. The van der Waals surface area contributed by atoms with Crippen molar-refractivity contribution in [1.82, 2.24) is 30.5 Å². The summed E-state index contributed by atoms with van der Waals surface area (Å²) in [7, 11) is 0. The normalized spacial score (nSPS) is 11.0. The number of anilines is 1. The number of nitrogens with zero attached hydrogens (tertiary/aromatic N) is 4. The first-order valence-corrected chi connectivity index (χ1v) is 10.7. The third kappa shape index (κ3) is 4.67. The monoisotopic (exact) mass is 471 g/mol. The summed E-state index contributed by atoms with van der Waals surface area (Å²) < 4.78 is 26.6.